The van der Waals surface area contributed by atoms with E-state index < -0.39 is 0 Å². The van der Waals surface area contributed by atoms with E-state index in [2.05, 4.69) is 49.7 Å². The van der Waals surface area contributed by atoms with Crippen molar-refractivity contribution in [1.82, 2.24) is 19.2 Å². The minimum absolute atomic E-state index is 0.0889. The zero-order chi connectivity index (χ0) is 22.0. The van der Waals surface area contributed by atoms with E-state index >= 15 is 0 Å². The van der Waals surface area contributed by atoms with E-state index in [0.29, 0.717) is 30.1 Å². The van der Waals surface area contributed by atoms with Crippen LogP contribution in [0.3, 0.4) is 0 Å². The highest BCUT2D eigenvalue weighted by atomic mass is 32.2. The van der Waals surface area contributed by atoms with Crippen molar-refractivity contribution in [1.29, 1.82) is 0 Å². The average molecular weight is 435 g/mol. The quantitative estimate of drug-likeness (QED) is 0.240. The highest BCUT2D eigenvalue weighted by Gasteiger charge is 2.16. The van der Waals surface area contributed by atoms with Gasteiger partial charge in [-0.3, -0.25) is 13.8 Å². The number of nitrogens with zero attached hydrogens (tertiary/aromatic N) is 4. The number of hydrogen-bond donors (Lipinski definition) is 0. The number of allylic oxidation sites excluding steroid dienone is 1. The molecule has 6 nitrogen and oxygen atoms in total. The fourth-order valence-corrected chi connectivity index (χ4v) is 4.22. The van der Waals surface area contributed by atoms with Crippen LogP contribution in [0.5, 0.6) is 5.75 Å². The summed E-state index contributed by atoms with van der Waals surface area (Å²) in [6.45, 7) is 11.3. The Morgan fingerprint density at radius 1 is 1.10 bits per heavy atom. The van der Waals surface area contributed by atoms with Gasteiger partial charge in [0, 0.05) is 12.3 Å². The Balaban J connectivity index is 1.53. The maximum Gasteiger partial charge on any atom is 0.263 e. The molecule has 2 aromatic carbocycles. The van der Waals surface area contributed by atoms with Gasteiger partial charge in [0.15, 0.2) is 5.16 Å². The Morgan fingerprint density at radius 3 is 2.55 bits per heavy atom. The van der Waals surface area contributed by atoms with E-state index in [1.54, 1.807) is 22.4 Å². The summed E-state index contributed by atoms with van der Waals surface area (Å²) in [4.78, 5) is 12.9. The summed E-state index contributed by atoms with van der Waals surface area (Å²) in [6, 6.07) is 15.8. The number of benzene rings is 2. The first-order valence-electron chi connectivity index (χ1n) is 10.2. The minimum Gasteiger partial charge on any atom is -0.493 e. The molecule has 0 aliphatic heterocycles. The molecule has 0 bridgehead atoms. The van der Waals surface area contributed by atoms with Crippen molar-refractivity contribution in [2.24, 2.45) is 0 Å². The van der Waals surface area contributed by atoms with Crippen molar-refractivity contribution < 1.29 is 4.74 Å². The van der Waals surface area contributed by atoms with Gasteiger partial charge in [0.1, 0.15) is 5.75 Å². The summed E-state index contributed by atoms with van der Waals surface area (Å²) >= 11 is 1.55. The Labute approximate surface area is 185 Å². The van der Waals surface area contributed by atoms with Gasteiger partial charge < -0.3 is 4.74 Å². The molecule has 0 aliphatic rings. The van der Waals surface area contributed by atoms with Crippen molar-refractivity contribution in [3.05, 3.63) is 77.1 Å². The molecule has 160 valence electrons. The molecular formula is C24H26N4O2S. The van der Waals surface area contributed by atoms with Crippen LogP contribution in [-0.2, 0) is 12.0 Å². The zero-order valence-corrected chi connectivity index (χ0v) is 18.9. The van der Waals surface area contributed by atoms with Gasteiger partial charge in [0.05, 0.1) is 17.5 Å². The molecule has 31 heavy (non-hydrogen) atoms. The molecule has 2 heterocycles. The molecule has 0 spiro atoms. The molecule has 0 saturated heterocycles. The number of para-hydroxylation sites is 1. The van der Waals surface area contributed by atoms with Gasteiger partial charge >= 0.3 is 0 Å². The van der Waals surface area contributed by atoms with Crippen LogP contribution in [0.15, 0.2) is 71.1 Å². The lowest BCUT2D eigenvalue weighted by molar-refractivity contribution is 0.343. The van der Waals surface area contributed by atoms with Crippen LogP contribution in [0.25, 0.3) is 16.7 Å². The number of fused-ring (bicyclic) bond motifs is 3. The summed E-state index contributed by atoms with van der Waals surface area (Å²) in [5, 5.41) is 9.99. The van der Waals surface area contributed by atoms with E-state index in [0.717, 1.165) is 16.4 Å². The van der Waals surface area contributed by atoms with Crippen LogP contribution < -0.4 is 10.3 Å². The predicted octanol–water partition coefficient (Wildman–Crippen LogP) is 4.70. The van der Waals surface area contributed by atoms with Gasteiger partial charge in [-0.15, -0.1) is 16.8 Å². The van der Waals surface area contributed by atoms with E-state index in [1.807, 2.05) is 40.8 Å². The molecule has 4 rings (SSSR count). The first-order valence-corrected chi connectivity index (χ1v) is 11.2. The summed E-state index contributed by atoms with van der Waals surface area (Å²) < 4.78 is 9.44. The Morgan fingerprint density at radius 2 is 1.84 bits per heavy atom. The van der Waals surface area contributed by atoms with Crippen LogP contribution in [0, 0.1) is 0 Å². The monoisotopic (exact) mass is 434 g/mol. The van der Waals surface area contributed by atoms with Gasteiger partial charge in [-0.05, 0) is 35.2 Å². The molecular weight excluding hydrogens is 408 g/mol. The smallest absolute Gasteiger partial charge is 0.263 e. The van der Waals surface area contributed by atoms with Crippen molar-refractivity contribution in [3.63, 3.8) is 0 Å². The van der Waals surface area contributed by atoms with E-state index in [4.69, 9.17) is 4.74 Å². The Kier molecular flexibility index (Phi) is 5.87. The van der Waals surface area contributed by atoms with Crippen molar-refractivity contribution in [2.75, 3.05) is 12.4 Å². The highest BCUT2D eigenvalue weighted by molar-refractivity contribution is 7.99. The zero-order valence-electron chi connectivity index (χ0n) is 18.0. The lowest BCUT2D eigenvalue weighted by atomic mass is 9.87. The van der Waals surface area contributed by atoms with Crippen LogP contribution >= 0.6 is 11.8 Å². The molecule has 0 aliphatic carbocycles. The second kappa shape index (κ2) is 8.59. The molecule has 0 unspecified atom stereocenters. The Hall–Kier alpha value is -3.06. The molecule has 7 heteroatoms. The second-order valence-electron chi connectivity index (χ2n) is 8.31. The van der Waals surface area contributed by atoms with Crippen molar-refractivity contribution in [3.8, 4) is 5.75 Å². The van der Waals surface area contributed by atoms with Crippen LogP contribution in [0.4, 0.5) is 0 Å². The largest absolute Gasteiger partial charge is 0.493 e. The van der Waals surface area contributed by atoms with E-state index in [9.17, 15) is 4.79 Å². The van der Waals surface area contributed by atoms with Gasteiger partial charge in [0.2, 0.25) is 5.78 Å². The standard InChI is InChI=1S/C24H26N4O2S/c1-5-14-27-21(29)19-8-6-7-9-20(19)28-22(27)25-26-23(28)31-16-15-30-18-12-10-17(11-13-18)24(2,3)4/h5-13H,1,14-16H2,2-4H3. The van der Waals surface area contributed by atoms with E-state index in [-0.39, 0.29) is 11.0 Å². The predicted molar refractivity (Wildman–Crippen MR) is 126 cm³/mol. The normalized spacial score (nSPS) is 11.8. The third-order valence-electron chi connectivity index (χ3n) is 5.09. The summed E-state index contributed by atoms with van der Waals surface area (Å²) in [6.07, 6.45) is 1.69. The minimum atomic E-state index is -0.0889. The SMILES string of the molecule is C=CCn1c(=O)c2ccccc2n2c(SCCOc3ccc(C(C)(C)C)cc3)nnc12. The van der Waals surface area contributed by atoms with Crippen LogP contribution in [0.2, 0.25) is 0 Å². The number of ether oxygens (including phenoxy) is 1. The first kappa shape index (κ1) is 21.2. The maximum absolute atomic E-state index is 12.9. The average Bonchev–Trinajstić information content (AvgIpc) is 3.18. The van der Waals surface area contributed by atoms with Gasteiger partial charge in [-0.1, -0.05) is 62.9 Å². The summed E-state index contributed by atoms with van der Waals surface area (Å²) in [5.41, 5.74) is 2.11. The number of hydrogen-bond acceptors (Lipinski definition) is 5. The van der Waals surface area contributed by atoms with Gasteiger partial charge in [0.25, 0.3) is 5.56 Å². The third kappa shape index (κ3) is 4.23. The number of aromatic nitrogens is 4. The molecule has 0 radical (unpaired) electrons. The summed E-state index contributed by atoms with van der Waals surface area (Å²) in [5.74, 6) is 2.08. The second-order valence-corrected chi connectivity index (χ2v) is 9.37. The highest BCUT2D eigenvalue weighted by Crippen LogP contribution is 2.25. The molecule has 0 atom stereocenters. The maximum atomic E-state index is 12.9. The molecule has 0 saturated carbocycles. The molecule has 4 aromatic rings. The molecule has 0 fully saturated rings. The third-order valence-corrected chi connectivity index (χ3v) is 5.99. The fraction of sp³-hybridized carbons (Fsp3) is 0.292. The molecule has 0 N–H and O–H groups in total. The Bertz CT molecular complexity index is 1280. The number of rotatable bonds is 7. The lowest BCUT2D eigenvalue weighted by Crippen LogP contribution is -2.22. The summed E-state index contributed by atoms with van der Waals surface area (Å²) in [7, 11) is 0. The van der Waals surface area contributed by atoms with Crippen molar-refractivity contribution in [2.45, 2.75) is 37.9 Å². The lowest BCUT2D eigenvalue weighted by Gasteiger charge is -2.19. The molecule has 0 amide bonds. The fourth-order valence-electron chi connectivity index (χ4n) is 3.46. The van der Waals surface area contributed by atoms with Crippen LogP contribution in [-0.4, -0.2) is 31.5 Å². The van der Waals surface area contributed by atoms with Crippen LogP contribution in [0.1, 0.15) is 26.3 Å². The van der Waals surface area contributed by atoms with Gasteiger partial charge in [-0.2, -0.15) is 0 Å². The van der Waals surface area contributed by atoms with Gasteiger partial charge in [-0.25, -0.2) is 0 Å². The number of thioether (sulfide) groups is 1. The van der Waals surface area contributed by atoms with E-state index in [1.165, 1.54) is 5.56 Å². The molecule has 2 aromatic heterocycles. The van der Waals surface area contributed by atoms with Crippen molar-refractivity contribution >= 4 is 28.4 Å². The topological polar surface area (TPSA) is 61.4 Å². The first-order chi connectivity index (χ1) is 14.9.